The number of amides is 1. The molecule has 3 N–H and O–H groups in total. The highest BCUT2D eigenvalue weighted by molar-refractivity contribution is 5.87. The molecular weight excluding hydrogens is 260 g/mol. The van der Waals surface area contributed by atoms with Gasteiger partial charge >= 0.3 is 5.97 Å². The summed E-state index contributed by atoms with van der Waals surface area (Å²) in [4.78, 5) is 22.7. The minimum Gasteiger partial charge on any atom is -0.478 e. The molecule has 2 rings (SSSR count). The van der Waals surface area contributed by atoms with Gasteiger partial charge in [-0.1, -0.05) is 12.1 Å². The Labute approximate surface area is 117 Å². The molecule has 1 amide bonds. The summed E-state index contributed by atoms with van der Waals surface area (Å²) >= 11 is 0. The molecule has 0 aromatic heterocycles. The van der Waals surface area contributed by atoms with E-state index in [9.17, 15) is 9.59 Å². The molecular formula is C14H18N2O4. The number of rotatable bonds is 5. The topological polar surface area (TPSA) is 87.7 Å². The van der Waals surface area contributed by atoms with Crippen LogP contribution in [0.15, 0.2) is 24.3 Å². The molecule has 6 heteroatoms. The van der Waals surface area contributed by atoms with Gasteiger partial charge in [0.05, 0.1) is 17.7 Å². The first-order chi connectivity index (χ1) is 9.60. The average Bonchev–Trinajstić information content (AvgIpc) is 2.94. The molecule has 0 aliphatic carbocycles. The fourth-order valence-corrected chi connectivity index (χ4v) is 2.16. The second kappa shape index (κ2) is 6.49. The number of carbonyl (C=O) groups is 2. The van der Waals surface area contributed by atoms with Gasteiger partial charge in [-0.15, -0.1) is 0 Å². The molecule has 1 saturated heterocycles. The van der Waals surface area contributed by atoms with Crippen LogP contribution in [0.3, 0.4) is 0 Å². The second-order valence-electron chi connectivity index (χ2n) is 4.77. The fourth-order valence-electron chi connectivity index (χ4n) is 2.16. The number of carbonyl (C=O) groups excluding carboxylic acids is 1. The maximum Gasteiger partial charge on any atom is 0.335 e. The zero-order valence-corrected chi connectivity index (χ0v) is 11.3. The zero-order chi connectivity index (χ0) is 14.5. The largest absolute Gasteiger partial charge is 0.478 e. The first-order valence-corrected chi connectivity index (χ1v) is 6.46. The second-order valence-corrected chi connectivity index (χ2v) is 4.77. The molecule has 6 nitrogen and oxygen atoms in total. The molecule has 2 unspecified atom stereocenters. The lowest BCUT2D eigenvalue weighted by Gasteiger charge is -2.11. The van der Waals surface area contributed by atoms with Crippen LogP contribution in [-0.4, -0.2) is 42.8 Å². The number of benzene rings is 1. The Kier molecular flexibility index (Phi) is 4.70. The van der Waals surface area contributed by atoms with E-state index in [4.69, 9.17) is 9.84 Å². The SMILES string of the molecule is COC1CNC(C(=O)NCc2ccc(C(=O)O)cc2)C1. The molecule has 0 spiro atoms. The van der Waals surface area contributed by atoms with Gasteiger partial charge in [0.2, 0.25) is 5.91 Å². The van der Waals surface area contributed by atoms with E-state index in [0.29, 0.717) is 19.5 Å². The van der Waals surface area contributed by atoms with Gasteiger partial charge in [0.15, 0.2) is 0 Å². The van der Waals surface area contributed by atoms with Crippen molar-refractivity contribution in [1.82, 2.24) is 10.6 Å². The van der Waals surface area contributed by atoms with Gasteiger partial charge in [-0.05, 0) is 24.1 Å². The maximum atomic E-state index is 11.9. The quantitative estimate of drug-likeness (QED) is 0.724. The van der Waals surface area contributed by atoms with Crippen LogP contribution >= 0.6 is 0 Å². The van der Waals surface area contributed by atoms with Crippen molar-refractivity contribution < 1.29 is 19.4 Å². The molecule has 0 saturated carbocycles. The van der Waals surface area contributed by atoms with Gasteiger partial charge in [0, 0.05) is 20.2 Å². The fraction of sp³-hybridized carbons (Fsp3) is 0.429. The van der Waals surface area contributed by atoms with Crippen LogP contribution in [0, 0.1) is 0 Å². The monoisotopic (exact) mass is 278 g/mol. The van der Waals surface area contributed by atoms with Crippen molar-refractivity contribution in [2.75, 3.05) is 13.7 Å². The van der Waals surface area contributed by atoms with Crippen molar-refractivity contribution in [2.24, 2.45) is 0 Å². The smallest absolute Gasteiger partial charge is 0.335 e. The lowest BCUT2D eigenvalue weighted by molar-refractivity contribution is -0.123. The summed E-state index contributed by atoms with van der Waals surface area (Å²) in [5.74, 6) is -1.02. The molecule has 1 heterocycles. The van der Waals surface area contributed by atoms with Crippen LogP contribution in [0.2, 0.25) is 0 Å². The zero-order valence-electron chi connectivity index (χ0n) is 11.3. The van der Waals surface area contributed by atoms with Crippen LogP contribution in [0.1, 0.15) is 22.3 Å². The van der Waals surface area contributed by atoms with E-state index >= 15 is 0 Å². The number of ether oxygens (including phenoxy) is 1. The minimum absolute atomic E-state index is 0.0631. The molecule has 1 aromatic rings. The van der Waals surface area contributed by atoms with Gasteiger partial charge in [-0.3, -0.25) is 4.79 Å². The summed E-state index contributed by atoms with van der Waals surface area (Å²) in [6.45, 7) is 1.07. The Balaban J connectivity index is 1.83. The normalized spacial score (nSPS) is 21.6. The molecule has 1 aromatic carbocycles. The van der Waals surface area contributed by atoms with Crippen LogP contribution in [0.4, 0.5) is 0 Å². The third-order valence-corrected chi connectivity index (χ3v) is 3.41. The summed E-state index contributed by atoms with van der Waals surface area (Å²) in [5, 5.41) is 14.7. The lowest BCUT2D eigenvalue weighted by Crippen LogP contribution is -2.40. The van der Waals surface area contributed by atoms with Crippen molar-refractivity contribution in [1.29, 1.82) is 0 Å². The van der Waals surface area contributed by atoms with E-state index in [-0.39, 0.29) is 23.6 Å². The van der Waals surface area contributed by atoms with Crippen molar-refractivity contribution in [3.63, 3.8) is 0 Å². The Bertz CT molecular complexity index is 486. The number of nitrogens with one attached hydrogen (secondary N) is 2. The number of methoxy groups -OCH3 is 1. The van der Waals surface area contributed by atoms with Gasteiger partial charge in [0.1, 0.15) is 0 Å². The highest BCUT2D eigenvalue weighted by Crippen LogP contribution is 2.10. The highest BCUT2D eigenvalue weighted by Gasteiger charge is 2.28. The molecule has 2 atom stereocenters. The van der Waals surface area contributed by atoms with E-state index in [0.717, 1.165) is 5.56 Å². The van der Waals surface area contributed by atoms with Crippen molar-refractivity contribution in [2.45, 2.75) is 25.1 Å². The van der Waals surface area contributed by atoms with Crippen LogP contribution in [0.5, 0.6) is 0 Å². The van der Waals surface area contributed by atoms with Gasteiger partial charge in [-0.25, -0.2) is 4.79 Å². The maximum absolute atomic E-state index is 11.9. The number of carboxylic acids is 1. The first kappa shape index (κ1) is 14.5. The van der Waals surface area contributed by atoms with E-state index in [1.165, 1.54) is 12.1 Å². The standard InChI is InChI=1S/C14H18N2O4/c1-20-11-6-12(15-8-11)13(17)16-7-9-2-4-10(5-3-9)14(18)19/h2-5,11-12,15H,6-8H2,1H3,(H,16,17)(H,18,19). The van der Waals surface area contributed by atoms with Gasteiger partial charge in [-0.2, -0.15) is 0 Å². The van der Waals surface area contributed by atoms with Gasteiger partial charge in [0.25, 0.3) is 0 Å². The van der Waals surface area contributed by atoms with Crippen LogP contribution < -0.4 is 10.6 Å². The first-order valence-electron chi connectivity index (χ1n) is 6.46. The number of aromatic carboxylic acids is 1. The predicted molar refractivity (Wildman–Crippen MR) is 72.5 cm³/mol. The van der Waals surface area contributed by atoms with Crippen molar-refractivity contribution >= 4 is 11.9 Å². The van der Waals surface area contributed by atoms with E-state index in [1.54, 1.807) is 19.2 Å². The number of hydrogen-bond donors (Lipinski definition) is 3. The Morgan fingerprint density at radius 1 is 1.40 bits per heavy atom. The number of hydrogen-bond acceptors (Lipinski definition) is 4. The molecule has 1 aliphatic heterocycles. The Morgan fingerprint density at radius 2 is 2.10 bits per heavy atom. The molecule has 1 fully saturated rings. The highest BCUT2D eigenvalue weighted by atomic mass is 16.5. The lowest BCUT2D eigenvalue weighted by atomic mass is 10.1. The van der Waals surface area contributed by atoms with Crippen LogP contribution in [0.25, 0.3) is 0 Å². The van der Waals surface area contributed by atoms with Crippen LogP contribution in [-0.2, 0) is 16.1 Å². The summed E-state index contributed by atoms with van der Waals surface area (Å²) in [6.07, 6.45) is 0.751. The summed E-state index contributed by atoms with van der Waals surface area (Å²) in [5.41, 5.74) is 1.10. The Morgan fingerprint density at radius 3 is 2.65 bits per heavy atom. The van der Waals surface area contributed by atoms with E-state index in [2.05, 4.69) is 10.6 Å². The summed E-state index contributed by atoms with van der Waals surface area (Å²) in [7, 11) is 1.64. The third-order valence-electron chi connectivity index (χ3n) is 3.41. The van der Waals surface area contributed by atoms with Crippen molar-refractivity contribution in [3.05, 3.63) is 35.4 Å². The molecule has 108 valence electrons. The molecule has 20 heavy (non-hydrogen) atoms. The van der Waals surface area contributed by atoms with Crippen molar-refractivity contribution in [3.8, 4) is 0 Å². The molecule has 1 aliphatic rings. The van der Waals surface area contributed by atoms with E-state index in [1.807, 2.05) is 0 Å². The minimum atomic E-state index is -0.957. The number of carboxylic acid groups (broad SMARTS) is 1. The predicted octanol–water partition coefficient (Wildman–Crippen LogP) is 0.378. The summed E-state index contributed by atoms with van der Waals surface area (Å²) < 4.78 is 5.19. The average molecular weight is 278 g/mol. The van der Waals surface area contributed by atoms with Gasteiger partial charge < -0.3 is 20.5 Å². The molecule has 0 bridgehead atoms. The molecule has 0 radical (unpaired) electrons. The summed E-state index contributed by atoms with van der Waals surface area (Å²) in [6, 6.07) is 6.23. The third kappa shape index (κ3) is 3.55. The Hall–Kier alpha value is -1.92. The van der Waals surface area contributed by atoms with E-state index < -0.39 is 5.97 Å².